The molecule has 0 fully saturated rings. The van der Waals surface area contributed by atoms with Gasteiger partial charge in [-0.3, -0.25) is 0 Å². The summed E-state index contributed by atoms with van der Waals surface area (Å²) in [5.41, 5.74) is 0. The van der Waals surface area contributed by atoms with Crippen LogP contribution in [0.1, 0.15) is 0 Å². The van der Waals surface area contributed by atoms with E-state index >= 15 is 0 Å². The van der Waals surface area contributed by atoms with E-state index in [-0.39, 0.29) is 104 Å². The second-order valence-electron chi connectivity index (χ2n) is 0. The molecule has 6 heavy (non-hydrogen) atoms. The summed E-state index contributed by atoms with van der Waals surface area (Å²) in [5.74, 6) is 0. The van der Waals surface area contributed by atoms with Crippen molar-refractivity contribution in [2.24, 2.45) is 0 Å². The first kappa shape index (κ1) is 67.9. The molecule has 0 aliphatic rings. The van der Waals surface area contributed by atoms with E-state index in [1.807, 2.05) is 0 Å². The summed E-state index contributed by atoms with van der Waals surface area (Å²) in [6.45, 7) is 0. The van der Waals surface area contributed by atoms with Gasteiger partial charge in [0.25, 0.3) is 0 Å². The minimum atomic E-state index is 0. The molecule has 2 nitrogen and oxygen atoms in total. The maximum Gasteiger partial charge on any atom is 4.00 e. The van der Waals surface area contributed by atoms with Gasteiger partial charge in [0.15, 0.2) is 0 Å². The third-order valence-corrected chi connectivity index (χ3v) is 0. The van der Waals surface area contributed by atoms with Crippen molar-refractivity contribution in [1.29, 1.82) is 0 Å². The van der Waals surface area contributed by atoms with Crippen LogP contribution in [0, 0.1) is 41.7 Å². The third-order valence-electron chi connectivity index (χ3n) is 0. The van der Waals surface area contributed by atoms with Gasteiger partial charge in [-0.25, -0.2) is 0 Å². The van der Waals surface area contributed by atoms with Crippen LogP contribution >= 0.6 is 0 Å². The van der Waals surface area contributed by atoms with Gasteiger partial charge in [-0.1, -0.05) is 0 Å². The minimum absolute atomic E-state index is 0. The molecule has 0 aromatic heterocycles. The van der Waals surface area contributed by atoms with Crippen LogP contribution in [0.15, 0.2) is 0 Å². The van der Waals surface area contributed by atoms with Crippen LogP contribution in [0.3, 0.4) is 0 Å². The average molecular weight is 378 g/mol. The van der Waals surface area contributed by atoms with E-state index in [0.717, 1.165) is 0 Å². The van der Waals surface area contributed by atoms with Crippen LogP contribution < -0.4 is 0 Å². The molecular formula is CeCoO2SiSn+9. The summed E-state index contributed by atoms with van der Waals surface area (Å²) < 4.78 is 0. The van der Waals surface area contributed by atoms with E-state index < -0.39 is 0 Å². The van der Waals surface area contributed by atoms with Gasteiger partial charge >= 0.3 is 93.4 Å². The van der Waals surface area contributed by atoms with Crippen molar-refractivity contribution in [2.75, 3.05) is 0 Å². The molecule has 0 aliphatic heterocycles. The third kappa shape index (κ3) is 29.1. The van der Waals surface area contributed by atoms with Crippen LogP contribution in [-0.4, -0.2) is 34.9 Å². The van der Waals surface area contributed by atoms with Gasteiger partial charge in [-0.15, -0.1) is 0 Å². The fraction of sp³-hybridized carbons (Fsp3) is 0. The summed E-state index contributed by atoms with van der Waals surface area (Å²) in [4.78, 5) is 0. The Balaban J connectivity index is 0. The normalized spacial score (nSPS) is 0. The van der Waals surface area contributed by atoms with E-state index in [1.165, 1.54) is 0 Å². The largest absolute Gasteiger partial charge is 4.00 e. The standard InChI is InChI=1S/Ce.Co.2O.Si.Sn/q+3;+2;2*-2;2*+4. The molecule has 0 saturated carbocycles. The van der Waals surface area contributed by atoms with Gasteiger partial charge in [0, 0.05) is 0 Å². The first-order valence-corrected chi connectivity index (χ1v) is 0. The number of hydrogen-bond acceptors (Lipinski definition) is 0. The van der Waals surface area contributed by atoms with Crippen molar-refractivity contribution in [3.8, 4) is 0 Å². The molecule has 24 valence electrons. The van der Waals surface area contributed by atoms with E-state index in [2.05, 4.69) is 0 Å². The molecule has 0 atom stereocenters. The monoisotopic (exact) mass is 379 g/mol. The van der Waals surface area contributed by atoms with Gasteiger partial charge in [0.1, 0.15) is 0 Å². The van der Waals surface area contributed by atoms with E-state index in [9.17, 15) is 0 Å². The zero-order chi connectivity index (χ0) is 0. The summed E-state index contributed by atoms with van der Waals surface area (Å²) in [7, 11) is 0. The van der Waals surface area contributed by atoms with Crippen LogP contribution in [-0.2, 0) is 27.7 Å². The maximum atomic E-state index is 0. The summed E-state index contributed by atoms with van der Waals surface area (Å²) in [5, 5.41) is 0. The first-order chi connectivity index (χ1) is 0. The molecule has 0 spiro atoms. The fourth-order valence-corrected chi connectivity index (χ4v) is 0. The smallest absolute Gasteiger partial charge is 2.00 e. The second-order valence-corrected chi connectivity index (χ2v) is 0. The van der Waals surface area contributed by atoms with E-state index in [0.29, 0.717) is 0 Å². The summed E-state index contributed by atoms with van der Waals surface area (Å²) in [6, 6.07) is 0. The van der Waals surface area contributed by atoms with Crippen molar-refractivity contribution in [1.82, 2.24) is 0 Å². The van der Waals surface area contributed by atoms with Crippen molar-refractivity contribution in [3.63, 3.8) is 0 Å². The first-order valence-electron chi connectivity index (χ1n) is 0. The Morgan fingerprint density at radius 1 is 0.833 bits per heavy atom. The van der Waals surface area contributed by atoms with Crippen LogP contribution in [0.4, 0.5) is 0 Å². The Kier molecular flexibility index (Phi) is 517. The van der Waals surface area contributed by atoms with Gasteiger partial charge in [0.2, 0.25) is 0 Å². The molecule has 0 aromatic rings. The molecule has 0 rings (SSSR count). The molecule has 0 aliphatic carbocycles. The van der Waals surface area contributed by atoms with E-state index in [1.54, 1.807) is 0 Å². The molecule has 0 saturated heterocycles. The molecule has 0 bridgehead atoms. The van der Waals surface area contributed by atoms with Crippen LogP contribution in [0.2, 0.25) is 0 Å². The molecule has 0 heterocycles. The fourth-order valence-electron chi connectivity index (χ4n) is 0. The molecule has 6 heteroatoms. The Bertz CT molecular complexity index is 13.5. The number of hydrogen-bond donors (Lipinski definition) is 0. The maximum absolute atomic E-state index is 0. The molecule has 2 radical (unpaired) electrons. The summed E-state index contributed by atoms with van der Waals surface area (Å²) in [6.07, 6.45) is 0. The quantitative estimate of drug-likeness (QED) is 0.486. The molecule has 0 N–H and O–H groups in total. The van der Waals surface area contributed by atoms with Gasteiger partial charge < -0.3 is 11.0 Å². The Hall–Kier alpha value is 2.82. The van der Waals surface area contributed by atoms with E-state index in [4.69, 9.17) is 0 Å². The Labute approximate surface area is 102 Å². The molecule has 0 aromatic carbocycles. The molecular weight excluding hydrogens is 378 g/mol. The van der Waals surface area contributed by atoms with Gasteiger partial charge in [0.05, 0.1) is 0 Å². The zero-order valence-corrected chi connectivity index (χ0v) is 10.7. The van der Waals surface area contributed by atoms with Crippen molar-refractivity contribution in [2.45, 2.75) is 0 Å². The average Bonchev–Trinajstić information content (AvgIpc) is 0. The number of rotatable bonds is 0. The molecule has 0 unspecified atom stereocenters. The van der Waals surface area contributed by atoms with Crippen molar-refractivity contribution >= 4 is 34.9 Å². The minimum Gasteiger partial charge on any atom is -2.00 e. The van der Waals surface area contributed by atoms with Crippen LogP contribution in [0.5, 0.6) is 0 Å². The Morgan fingerprint density at radius 3 is 0.833 bits per heavy atom. The Morgan fingerprint density at radius 2 is 0.833 bits per heavy atom. The SMILES string of the molecule is [Ce+3].[Co+2].[O-2].[O-2].[Si+4].[Sn+4]. The van der Waals surface area contributed by atoms with Gasteiger partial charge in [-0.2, -0.15) is 0 Å². The van der Waals surface area contributed by atoms with Crippen LogP contribution in [0.25, 0.3) is 0 Å². The summed E-state index contributed by atoms with van der Waals surface area (Å²) >= 11 is 0. The van der Waals surface area contributed by atoms with Gasteiger partial charge in [-0.05, 0) is 0 Å². The molecule has 0 amide bonds. The predicted octanol–water partition coefficient (Wildman–Crippen LogP) is -1.00. The second kappa shape index (κ2) is 45.8. The van der Waals surface area contributed by atoms with Crippen molar-refractivity contribution in [3.05, 3.63) is 0 Å². The zero-order valence-electron chi connectivity index (χ0n) is 2.65. The predicted molar refractivity (Wildman–Crippen MR) is 12.9 cm³/mol. The topological polar surface area (TPSA) is 57.0 Å². The van der Waals surface area contributed by atoms with Crippen molar-refractivity contribution < 1.29 is 69.5 Å².